The highest BCUT2D eigenvalue weighted by atomic mass is 16.5. The van der Waals surface area contributed by atoms with Crippen molar-refractivity contribution in [2.75, 3.05) is 13.7 Å². The van der Waals surface area contributed by atoms with E-state index in [4.69, 9.17) is 10.5 Å². The molecule has 0 spiro atoms. The molecule has 2 rings (SSSR count). The van der Waals surface area contributed by atoms with Gasteiger partial charge in [-0.25, -0.2) is 0 Å². The van der Waals surface area contributed by atoms with Crippen LogP contribution >= 0.6 is 0 Å². The smallest absolute Gasteiger partial charge is 0.248 e. The molecule has 0 aliphatic heterocycles. The molecule has 2 aromatic rings. The van der Waals surface area contributed by atoms with Crippen molar-refractivity contribution in [1.82, 2.24) is 10.4 Å². The molecule has 6 nitrogen and oxygen atoms in total. The molecule has 0 heterocycles. The fourth-order valence-corrected chi connectivity index (χ4v) is 2.83. The van der Waals surface area contributed by atoms with Gasteiger partial charge in [0.05, 0.1) is 7.11 Å². The van der Waals surface area contributed by atoms with Crippen molar-refractivity contribution in [3.05, 3.63) is 77.0 Å². The number of carbonyl (C=O) groups excluding carboxylic acids is 1. The third-order valence-corrected chi connectivity index (χ3v) is 4.37. The summed E-state index contributed by atoms with van der Waals surface area (Å²) in [6.45, 7) is 4.01. The molecule has 0 unspecified atom stereocenters. The molecule has 0 saturated heterocycles. The number of benzene rings is 2. The zero-order valence-corrected chi connectivity index (χ0v) is 15.8. The Morgan fingerprint density at radius 2 is 1.89 bits per heavy atom. The summed E-state index contributed by atoms with van der Waals surface area (Å²) in [6.07, 6.45) is 2.53. The van der Waals surface area contributed by atoms with Crippen molar-refractivity contribution in [2.24, 2.45) is 5.73 Å². The average molecular weight is 369 g/mol. The van der Waals surface area contributed by atoms with Gasteiger partial charge in [0.15, 0.2) is 0 Å². The van der Waals surface area contributed by atoms with Crippen molar-refractivity contribution in [1.29, 1.82) is 0 Å². The van der Waals surface area contributed by atoms with Crippen LogP contribution in [0, 0.1) is 0 Å². The Bertz CT molecular complexity index is 772. The van der Waals surface area contributed by atoms with Gasteiger partial charge in [-0.2, -0.15) is 0 Å². The molecule has 6 heteroatoms. The lowest BCUT2D eigenvalue weighted by molar-refractivity contribution is 0.1000. The van der Waals surface area contributed by atoms with Crippen molar-refractivity contribution in [3.63, 3.8) is 0 Å². The fraction of sp³-hybridized carbons (Fsp3) is 0.286. The van der Waals surface area contributed by atoms with Gasteiger partial charge in [-0.05, 0) is 42.3 Å². The molecule has 0 aliphatic rings. The minimum absolute atomic E-state index is 0.431. The number of carbonyl (C=O) groups is 1. The van der Waals surface area contributed by atoms with Crippen LogP contribution in [0.2, 0.25) is 0 Å². The molecular formula is C21H27N3O3. The summed E-state index contributed by atoms with van der Waals surface area (Å²) in [5.41, 5.74) is 11.1. The molecule has 27 heavy (non-hydrogen) atoms. The number of rotatable bonds is 10. The lowest BCUT2D eigenvalue weighted by Crippen LogP contribution is -2.26. The molecule has 0 radical (unpaired) electrons. The Morgan fingerprint density at radius 3 is 2.48 bits per heavy atom. The van der Waals surface area contributed by atoms with Crippen molar-refractivity contribution >= 4 is 5.91 Å². The minimum atomic E-state index is -0.431. The van der Waals surface area contributed by atoms with E-state index in [0.29, 0.717) is 18.5 Å². The molecule has 0 atom stereocenters. The minimum Gasteiger partial charge on any atom is -0.497 e. The van der Waals surface area contributed by atoms with Gasteiger partial charge >= 0.3 is 0 Å². The van der Waals surface area contributed by atoms with Crippen LogP contribution in [0.1, 0.15) is 34.8 Å². The Balaban J connectivity index is 2.14. The Labute approximate surface area is 160 Å². The molecule has 0 fully saturated rings. The van der Waals surface area contributed by atoms with Gasteiger partial charge in [0, 0.05) is 37.3 Å². The molecule has 144 valence electrons. The first-order valence-electron chi connectivity index (χ1n) is 8.85. The second-order valence-electron chi connectivity index (χ2n) is 6.30. The first kappa shape index (κ1) is 20.5. The van der Waals surface area contributed by atoms with Crippen LogP contribution in [0.5, 0.6) is 5.75 Å². The molecule has 1 amide bonds. The molecule has 0 bridgehead atoms. The van der Waals surface area contributed by atoms with E-state index in [2.05, 4.69) is 10.4 Å². The van der Waals surface area contributed by atoms with Crippen LogP contribution < -0.4 is 16.0 Å². The average Bonchev–Trinajstić information content (AvgIpc) is 2.69. The maximum atomic E-state index is 11.4. The lowest BCUT2D eigenvalue weighted by atomic mass is 10.1. The third kappa shape index (κ3) is 6.44. The normalized spacial score (nSPS) is 11.5. The highest BCUT2D eigenvalue weighted by Gasteiger charge is 2.10. The van der Waals surface area contributed by atoms with Crippen LogP contribution in [0.4, 0.5) is 0 Å². The van der Waals surface area contributed by atoms with Crippen LogP contribution in [-0.2, 0) is 13.1 Å². The van der Waals surface area contributed by atoms with Gasteiger partial charge in [-0.15, -0.1) is 0 Å². The number of nitrogens with zero attached hydrogens (tertiary/aromatic N) is 1. The molecule has 0 aliphatic carbocycles. The van der Waals surface area contributed by atoms with Crippen molar-refractivity contribution in [3.8, 4) is 5.75 Å². The maximum absolute atomic E-state index is 11.4. The van der Waals surface area contributed by atoms with Gasteiger partial charge in [0.25, 0.3) is 0 Å². The number of hydroxylamine groups is 1. The Kier molecular flexibility index (Phi) is 7.85. The van der Waals surface area contributed by atoms with Crippen molar-refractivity contribution < 1.29 is 14.7 Å². The van der Waals surface area contributed by atoms with Gasteiger partial charge < -0.3 is 10.5 Å². The number of methoxy groups -OCH3 is 1. The molecule has 2 aromatic carbocycles. The van der Waals surface area contributed by atoms with E-state index in [1.165, 1.54) is 0 Å². The van der Waals surface area contributed by atoms with Gasteiger partial charge in [0.1, 0.15) is 5.75 Å². The van der Waals surface area contributed by atoms with E-state index in [-0.39, 0.29) is 0 Å². The lowest BCUT2D eigenvalue weighted by Gasteiger charge is -2.23. The summed E-state index contributed by atoms with van der Waals surface area (Å²) in [5.74, 6) is 0.388. The largest absolute Gasteiger partial charge is 0.497 e. The second kappa shape index (κ2) is 10.4. The Hall–Kier alpha value is -2.83. The topological polar surface area (TPSA) is 87.8 Å². The predicted molar refractivity (Wildman–Crippen MR) is 105 cm³/mol. The zero-order valence-electron chi connectivity index (χ0n) is 15.8. The first-order valence-corrected chi connectivity index (χ1v) is 8.85. The van der Waals surface area contributed by atoms with E-state index in [9.17, 15) is 10.0 Å². The molecular weight excluding hydrogens is 342 g/mol. The highest BCUT2D eigenvalue weighted by molar-refractivity contribution is 5.92. The third-order valence-electron chi connectivity index (χ3n) is 4.37. The number of hydrogen-bond donors (Lipinski definition) is 3. The summed E-state index contributed by atoms with van der Waals surface area (Å²) in [4.78, 5) is 13.7. The van der Waals surface area contributed by atoms with E-state index in [1.807, 2.05) is 55.5 Å². The molecule has 0 saturated carbocycles. The van der Waals surface area contributed by atoms with Crippen LogP contribution in [0.15, 0.2) is 60.3 Å². The van der Waals surface area contributed by atoms with Crippen LogP contribution in [0.3, 0.4) is 0 Å². The number of amides is 1. The summed E-state index contributed by atoms with van der Waals surface area (Å²) in [7, 11) is 1.65. The summed E-state index contributed by atoms with van der Waals surface area (Å²) in [6, 6.07) is 15.3. The summed E-state index contributed by atoms with van der Waals surface area (Å²) >= 11 is 0. The number of primary amides is 1. The van der Waals surface area contributed by atoms with E-state index in [0.717, 1.165) is 35.7 Å². The molecule has 4 N–H and O–H groups in total. The standard InChI is InChI=1S/C21H27N3O3/c1-3-19(23-26)11-12-24(14-16-7-9-20(27-2)10-8-16)15-17-5-4-6-18(13-17)21(22)25/h3-10,13,23,26H,11-12,14-15H2,1-2H3,(H2,22,25). The van der Waals surface area contributed by atoms with Crippen molar-refractivity contribution in [2.45, 2.75) is 26.4 Å². The van der Waals surface area contributed by atoms with Gasteiger partial charge in [-0.3, -0.25) is 20.4 Å². The second-order valence-corrected chi connectivity index (χ2v) is 6.30. The number of nitrogens with two attached hydrogens (primary N) is 1. The number of nitrogens with one attached hydrogen (secondary N) is 1. The van der Waals surface area contributed by atoms with Gasteiger partial charge in [0.2, 0.25) is 5.91 Å². The summed E-state index contributed by atoms with van der Waals surface area (Å²) < 4.78 is 5.21. The highest BCUT2D eigenvalue weighted by Crippen LogP contribution is 2.16. The maximum Gasteiger partial charge on any atom is 0.248 e. The first-order chi connectivity index (χ1) is 13.0. The van der Waals surface area contributed by atoms with Crippen LogP contribution in [0.25, 0.3) is 0 Å². The van der Waals surface area contributed by atoms with E-state index >= 15 is 0 Å². The van der Waals surface area contributed by atoms with E-state index in [1.54, 1.807) is 13.2 Å². The number of allylic oxidation sites excluding steroid dienone is 1. The SMILES string of the molecule is CC=C(CCN(Cc1ccc(OC)cc1)Cc1cccc(C(N)=O)c1)NO. The number of ether oxygens (including phenoxy) is 1. The fourth-order valence-electron chi connectivity index (χ4n) is 2.83. The van der Waals surface area contributed by atoms with E-state index < -0.39 is 5.91 Å². The predicted octanol–water partition coefficient (Wildman–Crippen LogP) is 3.07. The zero-order chi connectivity index (χ0) is 19.6. The molecule has 0 aromatic heterocycles. The van der Waals surface area contributed by atoms with Gasteiger partial charge in [-0.1, -0.05) is 30.3 Å². The number of hydrogen-bond acceptors (Lipinski definition) is 5. The Morgan fingerprint density at radius 1 is 1.19 bits per heavy atom. The van der Waals surface area contributed by atoms with Crippen LogP contribution in [-0.4, -0.2) is 29.7 Å². The summed E-state index contributed by atoms with van der Waals surface area (Å²) in [5, 5.41) is 9.17. The quantitative estimate of drug-likeness (QED) is 0.560. The monoisotopic (exact) mass is 369 g/mol.